The van der Waals surface area contributed by atoms with Crippen molar-refractivity contribution in [3.8, 4) is 5.75 Å². The molecular formula is C22H26BrNO6S. The summed E-state index contributed by atoms with van der Waals surface area (Å²) in [7, 11) is 0. The first-order valence-corrected chi connectivity index (χ1v) is 11.2. The Kier molecular flexibility index (Phi) is 10.7. The molecule has 0 saturated heterocycles. The van der Waals surface area contributed by atoms with E-state index in [0.29, 0.717) is 23.4 Å². The molecule has 0 aromatic heterocycles. The van der Waals surface area contributed by atoms with E-state index in [1.807, 2.05) is 25.1 Å². The molecule has 0 radical (unpaired) electrons. The van der Waals surface area contributed by atoms with Gasteiger partial charge in [-0.15, -0.1) is 0 Å². The highest BCUT2D eigenvalue weighted by molar-refractivity contribution is 9.10. The highest BCUT2D eigenvalue weighted by Crippen LogP contribution is 2.35. The number of carbonyl (C=O) groups is 2. The Bertz CT molecular complexity index is 848. The zero-order valence-electron chi connectivity index (χ0n) is 17.1. The summed E-state index contributed by atoms with van der Waals surface area (Å²) < 4.78 is 17.4. The molecule has 7 nitrogen and oxygen atoms in total. The van der Waals surface area contributed by atoms with Gasteiger partial charge in [0.15, 0.2) is 0 Å². The van der Waals surface area contributed by atoms with Gasteiger partial charge in [0, 0.05) is 21.6 Å². The van der Waals surface area contributed by atoms with Gasteiger partial charge in [0.25, 0.3) is 0 Å². The third-order valence-corrected chi connectivity index (χ3v) is 5.17. The van der Waals surface area contributed by atoms with Crippen molar-refractivity contribution in [3.05, 3.63) is 58.6 Å². The second kappa shape index (κ2) is 13.2. The van der Waals surface area contributed by atoms with Gasteiger partial charge in [-0.25, -0.2) is 4.79 Å². The van der Waals surface area contributed by atoms with Crippen LogP contribution < -0.4 is 10.1 Å². The van der Waals surface area contributed by atoms with Crippen molar-refractivity contribution < 1.29 is 28.9 Å². The predicted molar refractivity (Wildman–Crippen MR) is 125 cm³/mol. The maximum absolute atomic E-state index is 12.6. The second-order valence-corrected chi connectivity index (χ2v) is 7.94. The number of aliphatic hydroxyl groups excluding tert-OH is 1. The molecule has 0 aliphatic rings. The third kappa shape index (κ3) is 8.43. The fourth-order valence-electron chi connectivity index (χ4n) is 2.84. The number of hydrogen-bond acceptors (Lipinski definition) is 7. The molecule has 0 unspecified atom stereocenters. The lowest BCUT2D eigenvalue weighted by Crippen LogP contribution is -2.24. The Labute approximate surface area is 195 Å². The molecule has 168 valence electrons. The first kappa shape index (κ1) is 25.0. The number of hydrogen-bond donors (Lipinski definition) is 3. The van der Waals surface area contributed by atoms with E-state index in [2.05, 4.69) is 33.9 Å². The average Bonchev–Trinajstić information content (AvgIpc) is 2.77. The number of rotatable bonds is 11. The summed E-state index contributed by atoms with van der Waals surface area (Å²) in [4.78, 5) is 24.0. The molecule has 1 amide bonds. The fourth-order valence-corrected chi connectivity index (χ4v) is 3.20. The smallest absolute Gasteiger partial charge is 0.412 e. The normalized spacial score (nSPS) is 12.5. The number of carbonyl (C=O) groups excluding carboxylic acids is 2. The van der Waals surface area contributed by atoms with E-state index in [-0.39, 0.29) is 31.5 Å². The molecular weight excluding hydrogens is 486 g/mol. The van der Waals surface area contributed by atoms with E-state index in [1.165, 1.54) is 0 Å². The number of halogens is 1. The number of ether oxygens (including phenoxy) is 3. The highest BCUT2D eigenvalue weighted by Gasteiger charge is 2.27. The predicted octanol–water partition coefficient (Wildman–Crippen LogP) is 4.61. The number of esters is 1. The monoisotopic (exact) mass is 511 g/mol. The summed E-state index contributed by atoms with van der Waals surface area (Å²) >= 11 is 7.24. The van der Waals surface area contributed by atoms with Crippen LogP contribution in [-0.4, -0.2) is 42.7 Å². The first-order valence-electron chi connectivity index (χ1n) is 9.76. The number of amides is 1. The Hall–Kier alpha value is -2.23. The van der Waals surface area contributed by atoms with Crippen LogP contribution in [0.4, 0.5) is 10.5 Å². The number of thiol groups is 1. The average molecular weight is 512 g/mol. The molecule has 0 aliphatic heterocycles. The van der Waals surface area contributed by atoms with Crippen molar-refractivity contribution in [2.75, 3.05) is 30.9 Å². The number of benzene rings is 2. The fraction of sp³-hybridized carbons (Fsp3) is 0.364. The number of aliphatic hydroxyl groups is 1. The summed E-state index contributed by atoms with van der Waals surface area (Å²) in [5.74, 6) is -0.0889. The third-order valence-electron chi connectivity index (χ3n) is 4.38. The van der Waals surface area contributed by atoms with Crippen molar-refractivity contribution in [1.29, 1.82) is 0 Å². The van der Waals surface area contributed by atoms with E-state index in [0.717, 1.165) is 4.47 Å². The lowest BCUT2D eigenvalue weighted by molar-refractivity contribution is -0.141. The van der Waals surface area contributed by atoms with Crippen LogP contribution in [0, 0.1) is 5.92 Å². The SMILES string of the molecule is C[C@H](CCOC(=O)CS)[C@H](OC(=O)Nc1ccc(Br)cc1)c1ccccc1OCCO. The molecule has 2 rings (SSSR count). The molecule has 0 saturated carbocycles. The van der Waals surface area contributed by atoms with Gasteiger partial charge in [-0.3, -0.25) is 10.1 Å². The first-order chi connectivity index (χ1) is 14.9. The standard InChI is InChI=1S/C22H26BrNO6S/c1-15(10-12-29-20(26)14-31)21(18-4-2-3-5-19(18)28-13-11-25)30-22(27)24-17-8-6-16(23)7-9-17/h2-9,15,21,25,31H,10-14H2,1H3,(H,24,27)/t15-,21+/m1/s1. The van der Waals surface area contributed by atoms with Crippen molar-refractivity contribution >= 4 is 46.3 Å². The summed E-state index contributed by atoms with van der Waals surface area (Å²) in [5, 5.41) is 11.8. The molecule has 0 bridgehead atoms. The summed E-state index contributed by atoms with van der Waals surface area (Å²) in [5.41, 5.74) is 1.25. The molecule has 31 heavy (non-hydrogen) atoms. The topological polar surface area (TPSA) is 94.1 Å². The minimum atomic E-state index is -0.667. The van der Waals surface area contributed by atoms with E-state index in [4.69, 9.17) is 19.3 Å². The minimum Gasteiger partial charge on any atom is -0.491 e. The largest absolute Gasteiger partial charge is 0.491 e. The molecule has 2 atom stereocenters. The number of nitrogens with one attached hydrogen (secondary N) is 1. The van der Waals surface area contributed by atoms with E-state index in [9.17, 15) is 9.59 Å². The molecule has 0 spiro atoms. The number of anilines is 1. The van der Waals surface area contributed by atoms with Crippen LogP contribution in [0.25, 0.3) is 0 Å². The highest BCUT2D eigenvalue weighted by atomic mass is 79.9. The lowest BCUT2D eigenvalue weighted by atomic mass is 9.94. The Balaban J connectivity index is 2.17. The zero-order chi connectivity index (χ0) is 22.6. The summed E-state index contributed by atoms with van der Waals surface area (Å²) in [6, 6.07) is 14.3. The van der Waals surface area contributed by atoms with Crippen LogP contribution in [0.2, 0.25) is 0 Å². The quantitative estimate of drug-likeness (QED) is 0.301. The van der Waals surface area contributed by atoms with Gasteiger partial charge < -0.3 is 19.3 Å². The molecule has 0 aliphatic carbocycles. The van der Waals surface area contributed by atoms with Gasteiger partial charge in [-0.05, 0) is 36.8 Å². The molecule has 2 aromatic rings. The van der Waals surface area contributed by atoms with Gasteiger partial charge in [-0.1, -0.05) is 41.1 Å². The Morgan fingerprint density at radius 2 is 1.84 bits per heavy atom. The van der Waals surface area contributed by atoms with Crippen LogP contribution in [0.5, 0.6) is 5.75 Å². The van der Waals surface area contributed by atoms with Gasteiger partial charge in [0.1, 0.15) is 18.5 Å². The van der Waals surface area contributed by atoms with Crippen LogP contribution in [-0.2, 0) is 14.3 Å². The van der Waals surface area contributed by atoms with E-state index >= 15 is 0 Å². The molecule has 0 fully saturated rings. The maximum Gasteiger partial charge on any atom is 0.412 e. The maximum atomic E-state index is 12.6. The van der Waals surface area contributed by atoms with E-state index in [1.54, 1.807) is 30.3 Å². The van der Waals surface area contributed by atoms with Gasteiger partial charge in [-0.2, -0.15) is 12.6 Å². The van der Waals surface area contributed by atoms with Crippen molar-refractivity contribution in [2.24, 2.45) is 5.92 Å². The zero-order valence-corrected chi connectivity index (χ0v) is 19.6. The summed E-state index contributed by atoms with van der Waals surface area (Å²) in [6.45, 7) is 2.05. The lowest BCUT2D eigenvalue weighted by Gasteiger charge is -2.26. The molecule has 9 heteroatoms. The van der Waals surface area contributed by atoms with Crippen molar-refractivity contribution in [3.63, 3.8) is 0 Å². The minimum absolute atomic E-state index is 0.00172. The number of para-hydroxylation sites is 1. The van der Waals surface area contributed by atoms with Crippen molar-refractivity contribution in [2.45, 2.75) is 19.4 Å². The van der Waals surface area contributed by atoms with Crippen LogP contribution in [0.15, 0.2) is 53.0 Å². The van der Waals surface area contributed by atoms with Crippen molar-refractivity contribution in [1.82, 2.24) is 0 Å². The van der Waals surface area contributed by atoms with Gasteiger partial charge in [0.05, 0.1) is 19.0 Å². The second-order valence-electron chi connectivity index (χ2n) is 6.71. The molecule has 2 aromatic carbocycles. The van der Waals surface area contributed by atoms with Gasteiger partial charge >= 0.3 is 12.1 Å². The Morgan fingerprint density at radius 1 is 1.13 bits per heavy atom. The molecule has 0 heterocycles. The van der Waals surface area contributed by atoms with Crippen LogP contribution in [0.3, 0.4) is 0 Å². The Morgan fingerprint density at radius 3 is 2.52 bits per heavy atom. The van der Waals surface area contributed by atoms with E-state index < -0.39 is 18.2 Å². The molecule has 2 N–H and O–H groups in total. The summed E-state index contributed by atoms with van der Waals surface area (Å²) in [6.07, 6.45) is -0.826. The van der Waals surface area contributed by atoms with Crippen LogP contribution >= 0.6 is 28.6 Å². The van der Waals surface area contributed by atoms with Crippen LogP contribution in [0.1, 0.15) is 25.0 Å². The van der Waals surface area contributed by atoms with Gasteiger partial charge in [0.2, 0.25) is 0 Å².